The maximum atomic E-state index is 14.2. The molecule has 0 aliphatic carbocycles. The summed E-state index contributed by atoms with van der Waals surface area (Å²) in [7, 11) is 3.01. The molecule has 6 rings (SSSR count). The Morgan fingerprint density at radius 2 is 1.85 bits per heavy atom. The molecule has 11 heteroatoms. The molecule has 2 aromatic carbocycles. The van der Waals surface area contributed by atoms with Gasteiger partial charge < -0.3 is 23.5 Å². The molecule has 10 nitrogen and oxygen atoms in total. The van der Waals surface area contributed by atoms with Crippen molar-refractivity contribution in [1.82, 2.24) is 19.5 Å². The van der Waals surface area contributed by atoms with Gasteiger partial charge in [0.1, 0.15) is 11.9 Å². The van der Waals surface area contributed by atoms with E-state index in [4.69, 9.17) is 35.5 Å². The van der Waals surface area contributed by atoms with Gasteiger partial charge in [-0.25, -0.2) is 9.97 Å². The summed E-state index contributed by atoms with van der Waals surface area (Å²) < 4.78 is 24.1. The second-order valence-corrected chi connectivity index (χ2v) is 9.97. The number of methoxy groups -OCH3 is 2. The molecule has 1 amide bonds. The molecule has 2 aliphatic heterocycles. The molecule has 0 saturated heterocycles. The third-order valence-corrected chi connectivity index (χ3v) is 7.11. The third kappa shape index (κ3) is 3.94. The predicted molar refractivity (Wildman–Crippen MR) is 144 cm³/mol. The van der Waals surface area contributed by atoms with Crippen LogP contribution in [0.5, 0.6) is 23.4 Å². The van der Waals surface area contributed by atoms with Gasteiger partial charge in [0, 0.05) is 29.0 Å². The lowest BCUT2D eigenvalue weighted by molar-refractivity contribution is 0.0989. The van der Waals surface area contributed by atoms with Crippen molar-refractivity contribution in [1.29, 1.82) is 0 Å². The maximum Gasteiger partial charge on any atom is 0.319 e. The molecule has 200 valence electrons. The van der Waals surface area contributed by atoms with Crippen LogP contribution in [0.4, 0.5) is 5.69 Å². The second-order valence-electron chi connectivity index (χ2n) is 9.54. The van der Waals surface area contributed by atoms with E-state index in [1.54, 1.807) is 11.1 Å². The van der Waals surface area contributed by atoms with Crippen LogP contribution in [0, 0.1) is 6.92 Å². The standard InChI is InChI=1S/C28H26ClN5O5/c1-14(2)33-23-21(31-25(33)19-12-30-28(37-5)32-26(19)36-4)27(35)34(22(23)16-6-8-17(29)9-7-16)18-10-15(3)24-20(11-18)38-13-39-24/h6-12,14,22H,13H2,1-5H3/t22-/m0/s1. The minimum Gasteiger partial charge on any atom is -0.480 e. The number of nitrogens with zero attached hydrogens (tertiary/aromatic N) is 5. The number of halogens is 1. The van der Waals surface area contributed by atoms with Crippen LogP contribution in [0.1, 0.15) is 53.2 Å². The van der Waals surface area contributed by atoms with Gasteiger partial charge in [0.25, 0.3) is 5.91 Å². The summed E-state index contributed by atoms with van der Waals surface area (Å²) in [4.78, 5) is 29.4. The van der Waals surface area contributed by atoms with Crippen LogP contribution in [0.25, 0.3) is 11.4 Å². The molecule has 0 radical (unpaired) electrons. The summed E-state index contributed by atoms with van der Waals surface area (Å²) in [6.45, 7) is 6.16. The largest absolute Gasteiger partial charge is 0.480 e. The van der Waals surface area contributed by atoms with E-state index >= 15 is 0 Å². The number of aryl methyl sites for hydroxylation is 1. The lowest BCUT2D eigenvalue weighted by Gasteiger charge is -2.29. The molecule has 0 fully saturated rings. The first kappa shape index (κ1) is 25.0. The zero-order valence-corrected chi connectivity index (χ0v) is 22.8. The Labute approximate surface area is 230 Å². The van der Waals surface area contributed by atoms with Crippen molar-refractivity contribution in [2.24, 2.45) is 0 Å². The highest BCUT2D eigenvalue weighted by atomic mass is 35.5. The lowest BCUT2D eigenvalue weighted by Crippen LogP contribution is -2.30. The first-order valence-corrected chi connectivity index (χ1v) is 12.8. The quantitative estimate of drug-likeness (QED) is 0.317. The van der Waals surface area contributed by atoms with Crippen LogP contribution in [0.3, 0.4) is 0 Å². The molecule has 39 heavy (non-hydrogen) atoms. The summed E-state index contributed by atoms with van der Waals surface area (Å²) in [5.41, 5.74) is 4.08. The van der Waals surface area contributed by atoms with Gasteiger partial charge in [-0.3, -0.25) is 9.69 Å². The Kier molecular flexibility index (Phi) is 6.06. The van der Waals surface area contributed by atoms with Crippen molar-refractivity contribution < 1.29 is 23.7 Å². The molecule has 0 spiro atoms. The van der Waals surface area contributed by atoms with Gasteiger partial charge in [-0.2, -0.15) is 4.98 Å². The van der Waals surface area contributed by atoms with E-state index in [1.807, 2.05) is 61.7 Å². The molecule has 2 aliphatic rings. The number of hydrogen-bond acceptors (Lipinski definition) is 8. The predicted octanol–water partition coefficient (Wildman–Crippen LogP) is 5.38. The van der Waals surface area contributed by atoms with E-state index in [-0.39, 0.29) is 24.8 Å². The number of fused-ring (bicyclic) bond motifs is 2. The Balaban J connectivity index is 1.59. The van der Waals surface area contributed by atoms with E-state index in [0.29, 0.717) is 45.2 Å². The van der Waals surface area contributed by atoms with Gasteiger partial charge in [-0.1, -0.05) is 23.7 Å². The van der Waals surface area contributed by atoms with Crippen LogP contribution in [-0.2, 0) is 0 Å². The van der Waals surface area contributed by atoms with Crippen molar-refractivity contribution in [2.45, 2.75) is 32.9 Å². The smallest absolute Gasteiger partial charge is 0.319 e. The average Bonchev–Trinajstić information content (AvgIpc) is 3.63. The lowest BCUT2D eigenvalue weighted by atomic mass is 10.0. The van der Waals surface area contributed by atoms with Crippen LogP contribution < -0.4 is 23.8 Å². The molecule has 4 heterocycles. The minimum absolute atomic E-state index is 0.0656. The monoisotopic (exact) mass is 547 g/mol. The molecular formula is C28H26ClN5O5. The molecular weight excluding hydrogens is 522 g/mol. The number of imidazole rings is 1. The number of aromatic nitrogens is 4. The number of carbonyl (C=O) groups is 1. The highest BCUT2D eigenvalue weighted by Crippen LogP contribution is 2.48. The van der Waals surface area contributed by atoms with Gasteiger partial charge in [-0.15, -0.1) is 0 Å². The number of anilines is 1. The normalized spacial score (nSPS) is 15.7. The molecule has 4 aromatic rings. The Morgan fingerprint density at radius 3 is 2.54 bits per heavy atom. The van der Waals surface area contributed by atoms with Crippen LogP contribution >= 0.6 is 11.6 Å². The molecule has 0 bridgehead atoms. The fourth-order valence-electron chi connectivity index (χ4n) is 5.21. The first-order chi connectivity index (χ1) is 18.8. The van der Waals surface area contributed by atoms with Crippen molar-refractivity contribution in [3.8, 4) is 34.8 Å². The van der Waals surface area contributed by atoms with E-state index in [1.165, 1.54) is 14.2 Å². The fraction of sp³-hybridized carbons (Fsp3) is 0.286. The van der Waals surface area contributed by atoms with Crippen molar-refractivity contribution in [2.75, 3.05) is 25.9 Å². The van der Waals surface area contributed by atoms with Gasteiger partial charge >= 0.3 is 6.01 Å². The van der Waals surface area contributed by atoms with Gasteiger partial charge in [0.05, 0.1) is 25.5 Å². The fourth-order valence-corrected chi connectivity index (χ4v) is 5.34. The average molecular weight is 548 g/mol. The van der Waals surface area contributed by atoms with Crippen LogP contribution in [0.15, 0.2) is 42.6 Å². The number of amides is 1. The SMILES string of the molecule is COc1ncc(-c2nc3c(n2C(C)C)[C@H](c2ccc(Cl)cc2)N(c2cc(C)c4c(c2)OCO4)C3=O)c(OC)n1. The molecule has 0 unspecified atom stereocenters. The van der Waals surface area contributed by atoms with E-state index < -0.39 is 6.04 Å². The minimum atomic E-state index is -0.488. The summed E-state index contributed by atoms with van der Waals surface area (Å²) in [5, 5.41) is 0.604. The highest BCUT2D eigenvalue weighted by molar-refractivity contribution is 6.30. The number of ether oxygens (including phenoxy) is 4. The second kappa shape index (κ2) is 9.46. The van der Waals surface area contributed by atoms with Gasteiger partial charge in [0.15, 0.2) is 17.2 Å². The number of hydrogen-bond donors (Lipinski definition) is 0. The van der Waals surface area contributed by atoms with Crippen molar-refractivity contribution >= 4 is 23.2 Å². The summed E-state index contributed by atoms with van der Waals surface area (Å²) in [6, 6.07) is 10.9. The maximum absolute atomic E-state index is 14.2. The first-order valence-electron chi connectivity index (χ1n) is 12.4. The van der Waals surface area contributed by atoms with Gasteiger partial charge in [-0.05, 0) is 50.1 Å². The van der Waals surface area contributed by atoms with E-state index in [9.17, 15) is 4.79 Å². The number of benzene rings is 2. The molecule has 1 atom stereocenters. The Hall–Kier alpha value is -4.31. The molecule has 0 saturated carbocycles. The summed E-state index contributed by atoms with van der Waals surface area (Å²) in [5.74, 6) is 1.88. The van der Waals surface area contributed by atoms with E-state index in [0.717, 1.165) is 16.8 Å². The zero-order valence-electron chi connectivity index (χ0n) is 22.1. The number of rotatable bonds is 6. The zero-order chi connectivity index (χ0) is 27.4. The van der Waals surface area contributed by atoms with Crippen LogP contribution in [-0.4, -0.2) is 46.4 Å². The van der Waals surface area contributed by atoms with E-state index in [2.05, 4.69) is 9.97 Å². The summed E-state index contributed by atoms with van der Waals surface area (Å²) >= 11 is 6.24. The Morgan fingerprint density at radius 1 is 1.08 bits per heavy atom. The van der Waals surface area contributed by atoms with Crippen LogP contribution in [0.2, 0.25) is 5.02 Å². The molecule has 2 aromatic heterocycles. The highest BCUT2D eigenvalue weighted by Gasteiger charge is 2.45. The van der Waals surface area contributed by atoms with Gasteiger partial charge in [0.2, 0.25) is 12.7 Å². The summed E-state index contributed by atoms with van der Waals surface area (Å²) in [6.07, 6.45) is 1.60. The molecule has 0 N–H and O–H groups in total. The number of carbonyl (C=O) groups excluding carboxylic acids is 1. The third-order valence-electron chi connectivity index (χ3n) is 6.86. The van der Waals surface area contributed by atoms with Crippen molar-refractivity contribution in [3.63, 3.8) is 0 Å². The van der Waals surface area contributed by atoms with Crippen molar-refractivity contribution in [3.05, 3.63) is 70.1 Å². The topological polar surface area (TPSA) is 101 Å². The Bertz CT molecular complexity index is 1600.